The van der Waals surface area contributed by atoms with E-state index >= 15 is 0 Å². The average molecular weight is 522 g/mol. The average Bonchev–Trinajstić information content (AvgIpc) is 3.56. The Balaban J connectivity index is 1.42. The zero-order valence-electron chi connectivity index (χ0n) is 21.9. The van der Waals surface area contributed by atoms with Crippen molar-refractivity contribution in [2.24, 2.45) is 0 Å². The summed E-state index contributed by atoms with van der Waals surface area (Å²) in [5.41, 5.74) is 3.76. The number of nitrogens with zero attached hydrogens (tertiary/aromatic N) is 1. The second-order valence-corrected chi connectivity index (χ2v) is 15.6. The number of fused-ring (bicyclic) bond motifs is 1. The smallest absolute Gasteiger partial charge is 0.261 e. The second-order valence-electron chi connectivity index (χ2n) is 10.5. The molecule has 0 radical (unpaired) electrons. The minimum absolute atomic E-state index is 0.00964. The molecule has 37 heavy (non-hydrogen) atoms. The Labute approximate surface area is 226 Å². The zero-order valence-corrected chi connectivity index (χ0v) is 23.7. The lowest BCUT2D eigenvalue weighted by Gasteiger charge is -2.43. The van der Waals surface area contributed by atoms with Crippen LogP contribution in [-0.4, -0.2) is 19.5 Å². The Morgan fingerprint density at radius 3 is 2.08 bits per heavy atom. The third-order valence-electron chi connectivity index (χ3n) is 7.09. The van der Waals surface area contributed by atoms with Crippen LogP contribution >= 0.6 is 11.3 Å². The summed E-state index contributed by atoms with van der Waals surface area (Å²) >= 11 is 1.73. The highest BCUT2D eigenvalue weighted by Gasteiger charge is 2.49. The first kappa shape index (κ1) is 25.5. The highest BCUT2D eigenvalue weighted by atomic mass is 32.1. The van der Waals surface area contributed by atoms with Gasteiger partial charge >= 0.3 is 0 Å². The monoisotopic (exact) mass is 521 g/mol. The van der Waals surface area contributed by atoms with Crippen LogP contribution in [0.15, 0.2) is 108 Å². The molecule has 0 unspecified atom stereocenters. The molecule has 0 bridgehead atoms. The summed E-state index contributed by atoms with van der Waals surface area (Å²) in [4.78, 5) is 0. The van der Waals surface area contributed by atoms with Crippen molar-refractivity contribution in [3.05, 3.63) is 119 Å². The van der Waals surface area contributed by atoms with Crippen molar-refractivity contribution in [3.63, 3.8) is 0 Å². The molecular formula is C33H35NOSSi. The van der Waals surface area contributed by atoms with Gasteiger partial charge in [0.05, 0.1) is 0 Å². The van der Waals surface area contributed by atoms with Crippen molar-refractivity contribution < 1.29 is 4.43 Å². The van der Waals surface area contributed by atoms with Crippen LogP contribution < -0.4 is 10.4 Å². The second kappa shape index (κ2) is 11.1. The van der Waals surface area contributed by atoms with Gasteiger partial charge in [0, 0.05) is 29.7 Å². The lowest BCUT2D eigenvalue weighted by Crippen LogP contribution is -2.66. The van der Waals surface area contributed by atoms with E-state index in [1.165, 1.54) is 32.5 Å². The molecule has 0 saturated carbocycles. The van der Waals surface area contributed by atoms with E-state index < -0.39 is 8.32 Å². The molecule has 5 rings (SSSR count). The lowest BCUT2D eigenvalue weighted by atomic mass is 10.2. The van der Waals surface area contributed by atoms with E-state index in [-0.39, 0.29) is 5.04 Å². The van der Waals surface area contributed by atoms with E-state index in [2.05, 4.69) is 145 Å². The van der Waals surface area contributed by atoms with Crippen LogP contribution in [0.5, 0.6) is 0 Å². The van der Waals surface area contributed by atoms with Crippen LogP contribution in [0.1, 0.15) is 38.4 Å². The van der Waals surface area contributed by atoms with Crippen LogP contribution in [0.25, 0.3) is 23.1 Å². The molecule has 4 heteroatoms. The Hall–Kier alpha value is -3.18. The normalized spacial score (nSPS) is 12.5. The maximum atomic E-state index is 7.14. The van der Waals surface area contributed by atoms with Gasteiger partial charge in [-0.2, -0.15) is 11.3 Å². The maximum absolute atomic E-state index is 7.14. The summed E-state index contributed by atoms with van der Waals surface area (Å²) in [7, 11) is -2.51. The molecule has 0 aliphatic carbocycles. The number of aryl methyl sites for hydroxylation is 1. The van der Waals surface area contributed by atoms with E-state index in [0.29, 0.717) is 6.61 Å². The number of thiophene rings is 1. The highest BCUT2D eigenvalue weighted by Crippen LogP contribution is 2.37. The number of rotatable bonds is 9. The molecule has 0 saturated heterocycles. The first-order valence-electron chi connectivity index (χ1n) is 13.0. The van der Waals surface area contributed by atoms with Gasteiger partial charge in [0.1, 0.15) is 0 Å². The fourth-order valence-electron chi connectivity index (χ4n) is 5.38. The number of hydrogen-bond donors (Lipinski definition) is 0. The van der Waals surface area contributed by atoms with Crippen molar-refractivity contribution in [1.29, 1.82) is 0 Å². The quantitative estimate of drug-likeness (QED) is 0.142. The van der Waals surface area contributed by atoms with Gasteiger partial charge in [-0.3, -0.25) is 0 Å². The van der Waals surface area contributed by atoms with Crippen LogP contribution in [0.2, 0.25) is 5.04 Å². The van der Waals surface area contributed by atoms with Gasteiger partial charge in [-0.05, 0) is 62.4 Å². The van der Waals surface area contributed by atoms with Gasteiger partial charge in [-0.15, -0.1) is 0 Å². The molecule has 0 aliphatic heterocycles. The molecule has 0 N–H and O–H groups in total. The minimum atomic E-state index is -2.51. The molecule has 2 nitrogen and oxygen atoms in total. The molecule has 188 valence electrons. The third kappa shape index (κ3) is 5.28. The van der Waals surface area contributed by atoms with Crippen molar-refractivity contribution in [3.8, 4) is 0 Å². The Morgan fingerprint density at radius 2 is 1.46 bits per heavy atom. The standard InChI is InChI=1S/C33H35NOSSi/c1-33(2,3)37(30-14-6-4-7-15-30,31-16-8-5-9-17-31)35-23-12-22-34-29(20-19-27-21-24-36-26-27)25-28-13-10-11-18-32(28)34/h4-11,13-21,24-26H,12,22-23H2,1-3H3. The van der Waals surface area contributed by atoms with Crippen molar-refractivity contribution >= 4 is 53.1 Å². The maximum Gasteiger partial charge on any atom is 0.261 e. The SMILES string of the molecule is CC(C)(C)[Si](OCCCn1c(C=Cc2ccsc2)cc2ccccc21)(c1ccccc1)c1ccccc1. The summed E-state index contributed by atoms with van der Waals surface area (Å²) in [6.45, 7) is 8.65. The van der Waals surface area contributed by atoms with Crippen molar-refractivity contribution in [2.45, 2.75) is 38.8 Å². The number of hydrogen-bond acceptors (Lipinski definition) is 2. The Morgan fingerprint density at radius 1 is 0.811 bits per heavy atom. The highest BCUT2D eigenvalue weighted by molar-refractivity contribution is 7.08. The predicted octanol–water partition coefficient (Wildman–Crippen LogP) is 7.84. The summed E-state index contributed by atoms with van der Waals surface area (Å²) in [5, 5.41) is 8.24. The van der Waals surface area contributed by atoms with Crippen LogP contribution in [0.3, 0.4) is 0 Å². The summed E-state index contributed by atoms with van der Waals surface area (Å²) in [6, 6.07) is 34.9. The van der Waals surface area contributed by atoms with E-state index in [0.717, 1.165) is 13.0 Å². The van der Waals surface area contributed by atoms with Gasteiger partial charge in [-0.1, -0.05) is 106 Å². The Bertz CT molecular complexity index is 1410. The van der Waals surface area contributed by atoms with E-state index in [1.807, 2.05) is 0 Å². The Kier molecular flexibility index (Phi) is 7.61. The summed E-state index contributed by atoms with van der Waals surface area (Å²) in [6.07, 6.45) is 5.40. The summed E-state index contributed by atoms with van der Waals surface area (Å²) in [5.74, 6) is 0. The molecule has 3 aromatic carbocycles. The van der Waals surface area contributed by atoms with Gasteiger partial charge in [0.25, 0.3) is 8.32 Å². The van der Waals surface area contributed by atoms with Gasteiger partial charge in [0.15, 0.2) is 0 Å². The first-order chi connectivity index (χ1) is 18.0. The minimum Gasteiger partial charge on any atom is -0.407 e. The number of aromatic nitrogens is 1. The van der Waals surface area contributed by atoms with Gasteiger partial charge in [-0.25, -0.2) is 0 Å². The topological polar surface area (TPSA) is 14.2 Å². The molecule has 2 heterocycles. The predicted molar refractivity (Wildman–Crippen MR) is 163 cm³/mol. The molecule has 2 aromatic heterocycles. The molecule has 0 spiro atoms. The van der Waals surface area contributed by atoms with E-state index in [9.17, 15) is 0 Å². The lowest BCUT2D eigenvalue weighted by molar-refractivity contribution is 0.284. The van der Waals surface area contributed by atoms with Crippen molar-refractivity contribution in [2.75, 3.05) is 6.61 Å². The van der Waals surface area contributed by atoms with Crippen LogP contribution in [0, 0.1) is 0 Å². The number of para-hydroxylation sites is 1. The molecule has 0 aliphatic rings. The fraction of sp³-hybridized carbons (Fsp3) is 0.212. The van der Waals surface area contributed by atoms with Crippen LogP contribution in [-0.2, 0) is 11.0 Å². The zero-order chi connectivity index (χ0) is 25.7. The molecule has 0 atom stereocenters. The van der Waals surface area contributed by atoms with E-state index in [4.69, 9.17) is 4.43 Å². The first-order valence-corrected chi connectivity index (χ1v) is 15.9. The summed E-state index contributed by atoms with van der Waals surface area (Å²) < 4.78 is 9.58. The van der Waals surface area contributed by atoms with Gasteiger partial charge in [0.2, 0.25) is 0 Å². The van der Waals surface area contributed by atoms with Gasteiger partial charge < -0.3 is 8.99 Å². The molecule has 0 amide bonds. The molecule has 0 fully saturated rings. The number of benzene rings is 3. The molecule has 5 aromatic rings. The molecular weight excluding hydrogens is 487 g/mol. The van der Waals surface area contributed by atoms with Crippen LogP contribution in [0.4, 0.5) is 0 Å². The third-order valence-corrected chi connectivity index (χ3v) is 12.8. The largest absolute Gasteiger partial charge is 0.407 e. The van der Waals surface area contributed by atoms with E-state index in [1.54, 1.807) is 11.3 Å². The fourth-order valence-corrected chi connectivity index (χ4v) is 10.6. The van der Waals surface area contributed by atoms with Crippen molar-refractivity contribution in [1.82, 2.24) is 4.57 Å².